The number of hydrazine groups is 1. The largest absolute Gasteiger partial charge is 0.494 e. The number of aliphatic imine (C=N–C) groups is 1. The Morgan fingerprint density at radius 3 is 2.54 bits per heavy atom. The summed E-state index contributed by atoms with van der Waals surface area (Å²) in [5, 5.41) is 9.53. The molecule has 1 atom stereocenters. The third kappa shape index (κ3) is 6.39. The summed E-state index contributed by atoms with van der Waals surface area (Å²) in [6.07, 6.45) is 0.957. The first kappa shape index (κ1) is 24.7. The average Bonchev–Trinajstić information content (AvgIpc) is 3.31. The second-order valence-corrected chi connectivity index (χ2v) is 8.66. The fourth-order valence-electron chi connectivity index (χ4n) is 3.74. The average molecular weight is 494 g/mol. The highest BCUT2D eigenvalue weighted by Gasteiger charge is 2.44. The monoisotopic (exact) mass is 493 g/mol. The lowest BCUT2D eigenvalue weighted by atomic mass is 9.91. The Hall–Kier alpha value is -3.39. The first-order chi connectivity index (χ1) is 17.1. The molecule has 0 fully saturated rings. The van der Waals surface area contributed by atoms with Crippen LogP contribution in [0.3, 0.4) is 0 Å². The molecule has 1 aliphatic heterocycles. The van der Waals surface area contributed by atoms with Crippen LogP contribution < -0.4 is 15.6 Å². The number of halogens is 1. The van der Waals surface area contributed by atoms with Crippen LogP contribution in [-0.2, 0) is 22.5 Å². The first-order valence-electron chi connectivity index (χ1n) is 11.5. The second kappa shape index (κ2) is 11.8. The summed E-state index contributed by atoms with van der Waals surface area (Å²) in [5.74, 6) is 0.814. The number of nitrogens with zero attached hydrogens (tertiary/aromatic N) is 1. The molecule has 0 aliphatic carbocycles. The van der Waals surface area contributed by atoms with Gasteiger partial charge in [-0.25, -0.2) is 10.4 Å². The van der Waals surface area contributed by atoms with Gasteiger partial charge in [0, 0.05) is 36.6 Å². The lowest BCUT2D eigenvalue weighted by molar-refractivity contribution is -0.127. The summed E-state index contributed by atoms with van der Waals surface area (Å²) < 4.78 is 11.5. The van der Waals surface area contributed by atoms with E-state index < -0.39 is 5.54 Å². The van der Waals surface area contributed by atoms with Crippen molar-refractivity contribution in [3.8, 4) is 5.75 Å². The molecule has 0 radical (unpaired) electrons. The topological polar surface area (TPSA) is 92.2 Å². The molecule has 1 aliphatic rings. The summed E-state index contributed by atoms with van der Waals surface area (Å²) >= 11 is 6.22. The van der Waals surface area contributed by atoms with Crippen molar-refractivity contribution >= 4 is 23.4 Å². The fraction of sp³-hybridized carbons (Fsp3) is 0.259. The number of rotatable bonds is 11. The number of hydrogen-bond donors (Lipinski definition) is 3. The van der Waals surface area contributed by atoms with Gasteiger partial charge in [0.15, 0.2) is 5.54 Å². The zero-order valence-electron chi connectivity index (χ0n) is 19.2. The van der Waals surface area contributed by atoms with Gasteiger partial charge in [0.1, 0.15) is 12.4 Å². The minimum absolute atomic E-state index is 0.0849. The van der Waals surface area contributed by atoms with Gasteiger partial charge in [0.2, 0.25) is 5.90 Å². The molecule has 0 aromatic heterocycles. The number of aliphatic hydroxyl groups is 1. The molecule has 3 aromatic carbocycles. The summed E-state index contributed by atoms with van der Waals surface area (Å²) in [7, 11) is 0. The van der Waals surface area contributed by atoms with Gasteiger partial charge in [-0.3, -0.25) is 10.2 Å². The quantitative estimate of drug-likeness (QED) is 0.280. The molecule has 8 heteroatoms. The van der Waals surface area contributed by atoms with Crippen LogP contribution in [0, 0.1) is 0 Å². The molecule has 4 rings (SSSR count). The van der Waals surface area contributed by atoms with Crippen LogP contribution >= 0.6 is 11.6 Å². The number of benzene rings is 3. The van der Waals surface area contributed by atoms with E-state index in [9.17, 15) is 4.79 Å². The first-order valence-corrected chi connectivity index (χ1v) is 11.8. The smallest absolute Gasteiger partial charge is 0.266 e. The van der Waals surface area contributed by atoms with Crippen molar-refractivity contribution in [1.82, 2.24) is 10.9 Å². The predicted molar refractivity (Wildman–Crippen MR) is 135 cm³/mol. The number of amides is 1. The van der Waals surface area contributed by atoms with Gasteiger partial charge < -0.3 is 14.6 Å². The molecule has 7 nitrogen and oxygen atoms in total. The second-order valence-electron chi connectivity index (χ2n) is 8.25. The number of carbonyl (C=O) groups is 1. The normalized spacial score (nSPS) is 16.9. The van der Waals surface area contributed by atoms with E-state index in [1.165, 1.54) is 0 Å². The van der Waals surface area contributed by atoms with Gasteiger partial charge in [-0.1, -0.05) is 60.1 Å². The fourth-order valence-corrected chi connectivity index (χ4v) is 3.94. The summed E-state index contributed by atoms with van der Waals surface area (Å²) in [4.78, 5) is 18.2. The van der Waals surface area contributed by atoms with Crippen molar-refractivity contribution in [1.29, 1.82) is 0 Å². The van der Waals surface area contributed by atoms with E-state index in [4.69, 9.17) is 31.2 Å². The van der Waals surface area contributed by atoms with Crippen LogP contribution in [0.4, 0.5) is 0 Å². The number of carbonyl (C=O) groups excluding carboxylic acids is 1. The Labute approximate surface area is 209 Å². The van der Waals surface area contributed by atoms with E-state index in [2.05, 4.69) is 10.9 Å². The molecule has 1 heterocycles. The molecule has 3 N–H and O–H groups in total. The molecule has 0 spiro atoms. The number of hydrogen-bond acceptors (Lipinski definition) is 6. The maximum atomic E-state index is 13.4. The van der Waals surface area contributed by atoms with Crippen molar-refractivity contribution < 1.29 is 19.4 Å². The molecule has 0 saturated carbocycles. The van der Waals surface area contributed by atoms with Crippen molar-refractivity contribution in [2.45, 2.75) is 24.9 Å². The van der Waals surface area contributed by atoms with E-state index in [0.29, 0.717) is 42.7 Å². The van der Waals surface area contributed by atoms with E-state index in [1.807, 2.05) is 78.9 Å². The highest BCUT2D eigenvalue weighted by Crippen LogP contribution is 2.27. The van der Waals surface area contributed by atoms with Crippen molar-refractivity contribution in [3.63, 3.8) is 0 Å². The van der Waals surface area contributed by atoms with Crippen molar-refractivity contribution in [2.24, 2.45) is 4.99 Å². The van der Waals surface area contributed by atoms with Crippen LogP contribution in [0.25, 0.3) is 0 Å². The lowest BCUT2D eigenvalue weighted by Crippen LogP contribution is -2.52. The SMILES string of the molecule is O=C(NNCc1ccccc1Cl)[C@]1(Cc2ccccc2)COC(c2ccc(OCCCO)cc2)=N1. The standard InChI is InChI=1S/C27H28ClN3O4/c28-24-10-5-4-9-22(24)18-29-31-26(33)27(17-20-7-2-1-3-8-20)19-35-25(30-27)21-11-13-23(14-12-21)34-16-6-15-32/h1-5,7-14,29,32H,6,15-19H2,(H,31,33)/t27-/m0/s1. The molecule has 3 aromatic rings. The molecule has 182 valence electrons. The Kier molecular flexibility index (Phi) is 8.36. The maximum Gasteiger partial charge on any atom is 0.266 e. The third-order valence-corrected chi connectivity index (χ3v) is 6.01. The minimum Gasteiger partial charge on any atom is -0.494 e. The zero-order valence-corrected chi connectivity index (χ0v) is 20.0. The van der Waals surface area contributed by atoms with Crippen LogP contribution in [0.5, 0.6) is 5.75 Å². The van der Waals surface area contributed by atoms with Crippen LogP contribution in [0.1, 0.15) is 23.1 Å². The van der Waals surface area contributed by atoms with Crippen LogP contribution in [0.2, 0.25) is 5.02 Å². The van der Waals surface area contributed by atoms with Crippen molar-refractivity contribution in [2.75, 3.05) is 19.8 Å². The summed E-state index contributed by atoms with van der Waals surface area (Å²) in [6, 6.07) is 24.5. The Balaban J connectivity index is 1.50. The highest BCUT2D eigenvalue weighted by atomic mass is 35.5. The van der Waals surface area contributed by atoms with E-state index in [-0.39, 0.29) is 19.1 Å². The van der Waals surface area contributed by atoms with Crippen LogP contribution in [-0.4, -0.2) is 42.3 Å². The summed E-state index contributed by atoms with van der Waals surface area (Å²) in [5.41, 5.74) is 7.26. The predicted octanol–water partition coefficient (Wildman–Crippen LogP) is 3.68. The molecule has 0 unspecified atom stereocenters. The summed E-state index contributed by atoms with van der Waals surface area (Å²) in [6.45, 7) is 1.02. The Bertz CT molecular complexity index is 1150. The van der Waals surface area contributed by atoms with Gasteiger partial charge in [0.25, 0.3) is 5.91 Å². The van der Waals surface area contributed by atoms with Gasteiger partial charge in [-0.2, -0.15) is 0 Å². The van der Waals surface area contributed by atoms with Gasteiger partial charge >= 0.3 is 0 Å². The molecule has 0 saturated heterocycles. The van der Waals surface area contributed by atoms with E-state index >= 15 is 0 Å². The molecule has 0 bridgehead atoms. The maximum absolute atomic E-state index is 13.4. The molecule has 1 amide bonds. The number of nitrogens with one attached hydrogen (secondary N) is 2. The van der Waals surface area contributed by atoms with E-state index in [0.717, 1.165) is 16.7 Å². The zero-order chi connectivity index (χ0) is 24.5. The Morgan fingerprint density at radius 2 is 1.80 bits per heavy atom. The third-order valence-electron chi connectivity index (χ3n) is 5.64. The molecular weight excluding hydrogens is 466 g/mol. The Morgan fingerprint density at radius 1 is 1.06 bits per heavy atom. The molecule has 35 heavy (non-hydrogen) atoms. The van der Waals surface area contributed by atoms with Gasteiger partial charge in [-0.15, -0.1) is 0 Å². The highest BCUT2D eigenvalue weighted by molar-refractivity contribution is 6.31. The number of aliphatic hydroxyl groups excluding tert-OH is 1. The van der Waals surface area contributed by atoms with E-state index in [1.54, 1.807) is 0 Å². The minimum atomic E-state index is -1.12. The molecular formula is C27H28ClN3O4. The van der Waals surface area contributed by atoms with Crippen molar-refractivity contribution in [3.05, 3.63) is 101 Å². The van der Waals surface area contributed by atoms with Gasteiger partial charge in [0.05, 0.1) is 6.61 Å². The lowest BCUT2D eigenvalue weighted by Gasteiger charge is -2.23. The van der Waals surface area contributed by atoms with Crippen LogP contribution in [0.15, 0.2) is 83.9 Å². The number of ether oxygens (including phenoxy) is 2. The van der Waals surface area contributed by atoms with Gasteiger partial charge in [-0.05, 0) is 41.5 Å².